The average molecular weight is 307 g/mol. The number of aromatic nitrogens is 4. The summed E-state index contributed by atoms with van der Waals surface area (Å²) in [5, 5.41) is 6.91. The number of carbonyl (C=O) groups excluding carboxylic acids is 1. The molecule has 4 rings (SSSR count). The van der Waals surface area contributed by atoms with Gasteiger partial charge in [0.25, 0.3) is 5.91 Å². The third-order valence-electron chi connectivity index (χ3n) is 3.62. The molecule has 0 aliphatic carbocycles. The second kappa shape index (κ2) is 5.53. The van der Waals surface area contributed by atoms with Gasteiger partial charge in [0.05, 0.1) is 5.69 Å². The molecule has 1 aliphatic rings. The van der Waals surface area contributed by atoms with Crippen LogP contribution in [-0.2, 0) is 11.2 Å². The number of benzene rings is 1. The van der Waals surface area contributed by atoms with Crippen LogP contribution in [0.3, 0.4) is 0 Å². The fraction of sp³-hybridized carbons (Fsp3) is 0.125. The van der Waals surface area contributed by atoms with Gasteiger partial charge in [-0.1, -0.05) is 18.2 Å². The van der Waals surface area contributed by atoms with Gasteiger partial charge in [0, 0.05) is 12.6 Å². The molecule has 1 atom stereocenters. The van der Waals surface area contributed by atoms with Gasteiger partial charge in [0.15, 0.2) is 11.9 Å². The third kappa shape index (κ3) is 2.52. The Morgan fingerprint density at radius 1 is 1.26 bits per heavy atom. The quantitative estimate of drug-likeness (QED) is 0.795. The van der Waals surface area contributed by atoms with Gasteiger partial charge in [-0.05, 0) is 23.8 Å². The Hall–Kier alpha value is -3.22. The molecular weight excluding hydrogens is 294 g/mol. The van der Waals surface area contributed by atoms with Crippen molar-refractivity contribution in [2.75, 3.05) is 5.32 Å². The van der Waals surface area contributed by atoms with Crippen LogP contribution in [0.4, 0.5) is 5.69 Å². The maximum atomic E-state index is 12.5. The fourth-order valence-electron chi connectivity index (χ4n) is 2.54. The monoisotopic (exact) mass is 307 g/mol. The van der Waals surface area contributed by atoms with Crippen molar-refractivity contribution in [1.82, 2.24) is 19.7 Å². The first-order valence-corrected chi connectivity index (χ1v) is 7.17. The van der Waals surface area contributed by atoms with Gasteiger partial charge in [0.1, 0.15) is 18.4 Å². The van der Waals surface area contributed by atoms with Gasteiger partial charge in [-0.2, -0.15) is 5.10 Å². The highest BCUT2D eigenvalue weighted by Crippen LogP contribution is 2.29. The summed E-state index contributed by atoms with van der Waals surface area (Å²) in [6.07, 6.45) is 4.59. The maximum absolute atomic E-state index is 12.5. The van der Waals surface area contributed by atoms with Crippen LogP contribution >= 0.6 is 0 Å². The second-order valence-corrected chi connectivity index (χ2v) is 5.12. The van der Waals surface area contributed by atoms with Crippen molar-refractivity contribution in [3.05, 3.63) is 60.8 Å². The number of rotatable bonds is 3. The minimum Gasteiger partial charge on any atom is -0.480 e. The van der Waals surface area contributed by atoms with Gasteiger partial charge in [-0.15, -0.1) is 0 Å². The van der Waals surface area contributed by atoms with Crippen LogP contribution < -0.4 is 10.1 Å². The normalized spacial score (nSPS) is 15.7. The lowest BCUT2D eigenvalue weighted by Gasteiger charge is -2.13. The topological polar surface area (TPSA) is 81.9 Å². The molecule has 0 fully saturated rings. The summed E-state index contributed by atoms with van der Waals surface area (Å²) in [5.74, 6) is 1.06. The molecule has 1 N–H and O–H groups in total. The molecule has 0 unspecified atom stereocenters. The van der Waals surface area contributed by atoms with Gasteiger partial charge in [-0.3, -0.25) is 4.79 Å². The van der Waals surface area contributed by atoms with E-state index in [9.17, 15) is 4.79 Å². The molecular formula is C16H13N5O2. The van der Waals surface area contributed by atoms with Crippen molar-refractivity contribution in [3.8, 4) is 11.6 Å². The van der Waals surface area contributed by atoms with Crippen molar-refractivity contribution in [1.29, 1.82) is 0 Å². The highest BCUT2D eigenvalue weighted by Gasteiger charge is 2.29. The van der Waals surface area contributed by atoms with Crippen LogP contribution in [0.25, 0.3) is 5.82 Å². The highest BCUT2D eigenvalue weighted by molar-refractivity contribution is 5.96. The maximum Gasteiger partial charge on any atom is 0.265 e. The number of nitrogens with zero attached hydrogens (tertiary/aromatic N) is 4. The van der Waals surface area contributed by atoms with E-state index in [0.29, 0.717) is 17.9 Å². The molecule has 1 amide bonds. The van der Waals surface area contributed by atoms with Crippen molar-refractivity contribution in [2.45, 2.75) is 12.5 Å². The minimum absolute atomic E-state index is 0.212. The standard InChI is InChI=1S/C16H13N5O2/c22-16(14-8-11-4-1-2-6-13(11)23-14)20-12-5-3-7-18-15(12)21-10-17-9-19-21/h1-7,9-10,14H,8H2,(H,20,22)/t14-/m1/s1. The van der Waals surface area contributed by atoms with Crippen molar-refractivity contribution in [3.63, 3.8) is 0 Å². The number of fused-ring (bicyclic) bond motifs is 1. The Bertz CT molecular complexity index is 822. The van der Waals surface area contributed by atoms with E-state index in [0.717, 1.165) is 11.3 Å². The number of amides is 1. The summed E-state index contributed by atoms with van der Waals surface area (Å²) >= 11 is 0. The SMILES string of the molecule is O=C(Nc1cccnc1-n1cncn1)[C@H]1Cc2ccccc2O1. The molecule has 1 aliphatic heterocycles. The highest BCUT2D eigenvalue weighted by atomic mass is 16.5. The molecule has 23 heavy (non-hydrogen) atoms. The number of hydrogen-bond donors (Lipinski definition) is 1. The zero-order chi connectivity index (χ0) is 15.6. The van der Waals surface area contributed by atoms with Crippen LogP contribution in [0.15, 0.2) is 55.2 Å². The molecule has 114 valence electrons. The Kier molecular flexibility index (Phi) is 3.23. The Labute approximate surface area is 132 Å². The molecule has 7 heteroatoms. The first-order valence-electron chi connectivity index (χ1n) is 7.17. The molecule has 0 radical (unpaired) electrons. The summed E-state index contributed by atoms with van der Waals surface area (Å²) in [7, 11) is 0. The Balaban J connectivity index is 1.55. The molecule has 0 spiro atoms. The molecule has 0 saturated heterocycles. The van der Waals surface area contributed by atoms with Gasteiger partial charge in [-0.25, -0.2) is 14.6 Å². The Morgan fingerprint density at radius 2 is 2.17 bits per heavy atom. The number of anilines is 1. The summed E-state index contributed by atoms with van der Waals surface area (Å²) < 4.78 is 7.20. The van der Waals surface area contributed by atoms with Gasteiger partial charge in [0.2, 0.25) is 0 Å². The first-order chi connectivity index (χ1) is 11.3. The lowest BCUT2D eigenvalue weighted by molar-refractivity contribution is -0.122. The van der Waals surface area contributed by atoms with E-state index in [1.54, 1.807) is 18.3 Å². The third-order valence-corrected chi connectivity index (χ3v) is 3.62. The number of ether oxygens (including phenoxy) is 1. The number of pyridine rings is 1. The summed E-state index contributed by atoms with van der Waals surface area (Å²) in [5.41, 5.74) is 1.60. The zero-order valence-corrected chi connectivity index (χ0v) is 12.1. The number of para-hydroxylation sites is 1. The second-order valence-electron chi connectivity index (χ2n) is 5.12. The summed E-state index contributed by atoms with van der Waals surface area (Å²) in [6, 6.07) is 11.2. The molecule has 3 heterocycles. The number of nitrogens with one attached hydrogen (secondary N) is 1. The van der Waals surface area contributed by atoms with Crippen LogP contribution in [0.1, 0.15) is 5.56 Å². The van der Waals surface area contributed by atoms with Crippen molar-refractivity contribution in [2.24, 2.45) is 0 Å². The van der Waals surface area contributed by atoms with Gasteiger partial charge >= 0.3 is 0 Å². The van der Waals surface area contributed by atoms with E-state index >= 15 is 0 Å². The van der Waals surface area contributed by atoms with E-state index in [2.05, 4.69) is 20.4 Å². The van der Waals surface area contributed by atoms with E-state index in [4.69, 9.17) is 4.74 Å². The number of carbonyl (C=O) groups is 1. The van der Waals surface area contributed by atoms with E-state index in [-0.39, 0.29) is 5.91 Å². The van der Waals surface area contributed by atoms with E-state index in [1.807, 2.05) is 24.3 Å². The van der Waals surface area contributed by atoms with Crippen LogP contribution in [0, 0.1) is 0 Å². The van der Waals surface area contributed by atoms with Crippen LogP contribution in [0.2, 0.25) is 0 Å². The lowest BCUT2D eigenvalue weighted by atomic mass is 10.1. The molecule has 0 saturated carbocycles. The van der Waals surface area contributed by atoms with E-state index < -0.39 is 6.10 Å². The first kappa shape index (κ1) is 13.4. The predicted octanol–water partition coefficient (Wildman–Crippen LogP) is 1.60. The summed E-state index contributed by atoms with van der Waals surface area (Å²) in [6.45, 7) is 0. The fourth-order valence-corrected chi connectivity index (χ4v) is 2.54. The minimum atomic E-state index is -0.545. The molecule has 3 aromatic rings. The predicted molar refractivity (Wildman–Crippen MR) is 82.3 cm³/mol. The largest absolute Gasteiger partial charge is 0.480 e. The molecule has 0 bridgehead atoms. The van der Waals surface area contributed by atoms with Gasteiger partial charge < -0.3 is 10.1 Å². The molecule has 1 aromatic carbocycles. The lowest BCUT2D eigenvalue weighted by Crippen LogP contribution is -2.31. The smallest absolute Gasteiger partial charge is 0.265 e. The van der Waals surface area contributed by atoms with Crippen molar-refractivity contribution < 1.29 is 9.53 Å². The average Bonchev–Trinajstić information content (AvgIpc) is 3.25. The van der Waals surface area contributed by atoms with Crippen molar-refractivity contribution >= 4 is 11.6 Å². The number of hydrogen-bond acceptors (Lipinski definition) is 5. The van der Waals surface area contributed by atoms with E-state index in [1.165, 1.54) is 17.3 Å². The van der Waals surface area contributed by atoms with Crippen LogP contribution in [0.5, 0.6) is 5.75 Å². The zero-order valence-electron chi connectivity index (χ0n) is 12.1. The Morgan fingerprint density at radius 3 is 3.00 bits per heavy atom. The van der Waals surface area contributed by atoms with Crippen LogP contribution in [-0.4, -0.2) is 31.8 Å². The molecule has 2 aromatic heterocycles. The molecule has 7 nitrogen and oxygen atoms in total. The summed E-state index contributed by atoms with van der Waals surface area (Å²) in [4.78, 5) is 20.6.